The van der Waals surface area contributed by atoms with E-state index < -0.39 is 12.0 Å². The van der Waals surface area contributed by atoms with Gasteiger partial charge in [-0.2, -0.15) is 5.10 Å². The van der Waals surface area contributed by atoms with E-state index in [0.717, 1.165) is 6.42 Å². The third-order valence-corrected chi connectivity index (χ3v) is 4.62. The Morgan fingerprint density at radius 1 is 1.38 bits per heavy atom. The van der Waals surface area contributed by atoms with E-state index in [-0.39, 0.29) is 12.8 Å². The molecule has 2 aromatic rings. The maximum Gasteiger partial charge on any atom is 0.409 e. The molecule has 0 aliphatic heterocycles. The lowest BCUT2D eigenvalue weighted by Gasteiger charge is -2.20. The normalized spacial score (nSPS) is 15.2. The average Bonchev–Trinajstić information content (AvgIpc) is 2.99. The molecule has 0 saturated heterocycles. The Balaban J connectivity index is 0.000000313. The number of nitrogens with one attached hydrogen (secondary N) is 1. The van der Waals surface area contributed by atoms with Gasteiger partial charge in [-0.05, 0) is 31.0 Å². The Hall–Kier alpha value is -2.39. The number of aryl methyl sites for hydroxylation is 1. The van der Waals surface area contributed by atoms with E-state index in [9.17, 15) is 13.6 Å². The largest absolute Gasteiger partial charge is 0.492 e. The van der Waals surface area contributed by atoms with E-state index in [1.54, 1.807) is 29.9 Å². The van der Waals surface area contributed by atoms with Crippen molar-refractivity contribution in [3.05, 3.63) is 29.4 Å². The van der Waals surface area contributed by atoms with Crippen molar-refractivity contribution in [3.63, 3.8) is 0 Å². The molecule has 1 heterocycles. The topological polar surface area (TPSA) is 102 Å². The summed E-state index contributed by atoms with van der Waals surface area (Å²) in [5.74, 6) is -1.76. The van der Waals surface area contributed by atoms with Gasteiger partial charge in [0.05, 0.1) is 16.9 Å². The summed E-state index contributed by atoms with van der Waals surface area (Å²) in [6, 6.07) is 4.91. The van der Waals surface area contributed by atoms with Gasteiger partial charge in [-0.1, -0.05) is 18.0 Å². The minimum atomic E-state index is -2.32. The number of ether oxygens (including phenoxy) is 1. The van der Waals surface area contributed by atoms with Gasteiger partial charge in [-0.15, -0.1) is 0 Å². The molecule has 0 bridgehead atoms. The minimum absolute atomic E-state index is 0.118. The van der Waals surface area contributed by atoms with Crippen molar-refractivity contribution < 1.29 is 23.4 Å². The Morgan fingerprint density at radius 2 is 2.07 bits per heavy atom. The van der Waals surface area contributed by atoms with Crippen LogP contribution in [0.4, 0.5) is 19.3 Å². The minimum Gasteiger partial charge on any atom is -0.492 e. The first kappa shape index (κ1) is 22.9. The van der Waals surface area contributed by atoms with Gasteiger partial charge in [0.2, 0.25) is 5.92 Å². The maximum atomic E-state index is 12.2. The van der Waals surface area contributed by atoms with E-state index in [0.29, 0.717) is 53.7 Å². The van der Waals surface area contributed by atoms with Gasteiger partial charge in [0.15, 0.2) is 0 Å². The zero-order valence-corrected chi connectivity index (χ0v) is 16.9. The number of benzene rings is 1. The van der Waals surface area contributed by atoms with Crippen LogP contribution < -0.4 is 15.8 Å². The number of halogens is 3. The highest BCUT2D eigenvalue weighted by Crippen LogP contribution is 2.36. The van der Waals surface area contributed by atoms with E-state index in [4.69, 9.17) is 27.2 Å². The standard InChI is InChI=1S/C13H15ClN4O3.C6H10F2/c1-18-12(10(14)7-16-18)9-6-8(17-13(19)20)2-3-11(9)21-5-4-15;7-6(8)4-2-1-3-5-6/h2-3,6-7,17H,4-5,15H2,1H3,(H,19,20);1-5H2. The number of alkyl halides is 2. The smallest absolute Gasteiger partial charge is 0.409 e. The number of carbonyl (C=O) groups is 1. The van der Waals surface area contributed by atoms with Crippen molar-refractivity contribution in [1.82, 2.24) is 9.78 Å². The molecular formula is C19H25ClF2N4O3. The van der Waals surface area contributed by atoms with Crippen molar-refractivity contribution >= 4 is 23.4 Å². The number of hydrogen-bond donors (Lipinski definition) is 3. The van der Waals surface area contributed by atoms with Crippen molar-refractivity contribution in [2.45, 2.75) is 38.0 Å². The van der Waals surface area contributed by atoms with Crippen LogP contribution >= 0.6 is 11.6 Å². The SMILES string of the molecule is Cn1ncc(Cl)c1-c1cc(NC(=O)O)ccc1OCCN.FC1(F)CCCCC1. The Morgan fingerprint density at radius 3 is 2.55 bits per heavy atom. The summed E-state index contributed by atoms with van der Waals surface area (Å²) in [5, 5.41) is 15.6. The van der Waals surface area contributed by atoms with Gasteiger partial charge >= 0.3 is 6.09 Å². The van der Waals surface area contributed by atoms with Crippen LogP contribution in [0.5, 0.6) is 5.75 Å². The highest BCUT2D eigenvalue weighted by molar-refractivity contribution is 6.33. The van der Waals surface area contributed by atoms with Crippen LogP contribution in [0.15, 0.2) is 24.4 Å². The van der Waals surface area contributed by atoms with Gasteiger partial charge < -0.3 is 15.6 Å². The van der Waals surface area contributed by atoms with Gasteiger partial charge in [0, 0.05) is 37.7 Å². The van der Waals surface area contributed by atoms with Crippen LogP contribution in [0.2, 0.25) is 5.02 Å². The highest BCUT2D eigenvalue weighted by atomic mass is 35.5. The predicted molar refractivity (Wildman–Crippen MR) is 108 cm³/mol. The Bertz CT molecular complexity index is 802. The number of rotatable bonds is 5. The molecule has 1 aromatic carbocycles. The van der Waals surface area contributed by atoms with Gasteiger partial charge in [-0.3, -0.25) is 10.00 Å². The molecule has 1 amide bonds. The Kier molecular flexibility index (Phi) is 8.21. The molecule has 3 rings (SSSR count). The van der Waals surface area contributed by atoms with Gasteiger partial charge in [0.1, 0.15) is 12.4 Å². The van der Waals surface area contributed by atoms with Crippen LogP contribution in [-0.4, -0.2) is 40.1 Å². The Labute approximate surface area is 172 Å². The number of anilines is 1. The summed E-state index contributed by atoms with van der Waals surface area (Å²) in [6.45, 7) is 0.710. The molecule has 29 heavy (non-hydrogen) atoms. The fourth-order valence-electron chi connectivity index (χ4n) is 2.99. The van der Waals surface area contributed by atoms with Crippen molar-refractivity contribution in [2.24, 2.45) is 12.8 Å². The fourth-order valence-corrected chi connectivity index (χ4v) is 3.26. The third-order valence-electron chi connectivity index (χ3n) is 4.34. The molecule has 0 spiro atoms. The van der Waals surface area contributed by atoms with E-state index in [1.165, 1.54) is 6.20 Å². The first-order valence-corrected chi connectivity index (χ1v) is 9.64. The quantitative estimate of drug-likeness (QED) is 0.635. The van der Waals surface area contributed by atoms with Crippen molar-refractivity contribution in [1.29, 1.82) is 0 Å². The summed E-state index contributed by atoms with van der Waals surface area (Å²) >= 11 is 6.14. The molecule has 1 saturated carbocycles. The summed E-state index contributed by atoms with van der Waals surface area (Å²) in [4.78, 5) is 10.8. The average molecular weight is 431 g/mol. The molecule has 1 aliphatic rings. The molecule has 0 radical (unpaired) electrons. The van der Waals surface area contributed by atoms with Crippen LogP contribution in [0.25, 0.3) is 11.3 Å². The number of carboxylic acid groups (broad SMARTS) is 1. The van der Waals surface area contributed by atoms with Crippen LogP contribution in [-0.2, 0) is 7.05 Å². The molecule has 0 atom stereocenters. The summed E-state index contributed by atoms with van der Waals surface area (Å²) in [6.07, 6.45) is 3.03. The van der Waals surface area contributed by atoms with Crippen LogP contribution in [0, 0.1) is 0 Å². The molecule has 1 aromatic heterocycles. The third kappa shape index (κ3) is 6.86. The summed E-state index contributed by atoms with van der Waals surface area (Å²) in [7, 11) is 1.74. The predicted octanol–water partition coefficient (Wildman–Crippen LogP) is 4.75. The van der Waals surface area contributed by atoms with Gasteiger partial charge in [-0.25, -0.2) is 13.6 Å². The number of nitrogens with zero attached hydrogens (tertiary/aromatic N) is 2. The number of amides is 1. The maximum absolute atomic E-state index is 12.2. The molecule has 1 aliphatic carbocycles. The van der Waals surface area contributed by atoms with Crippen LogP contribution in [0.3, 0.4) is 0 Å². The summed E-state index contributed by atoms with van der Waals surface area (Å²) in [5.41, 5.74) is 7.13. The van der Waals surface area contributed by atoms with Crippen molar-refractivity contribution in [3.8, 4) is 17.0 Å². The highest BCUT2D eigenvalue weighted by Gasteiger charge is 2.30. The summed E-state index contributed by atoms with van der Waals surface area (Å²) < 4.78 is 31.6. The second kappa shape index (κ2) is 10.4. The molecular weight excluding hydrogens is 406 g/mol. The number of nitrogens with two attached hydrogens (primary N) is 1. The second-order valence-corrected chi connectivity index (χ2v) is 7.07. The number of aromatic nitrogens is 2. The lowest BCUT2D eigenvalue weighted by molar-refractivity contribution is -0.0337. The molecule has 4 N–H and O–H groups in total. The monoisotopic (exact) mass is 430 g/mol. The first-order valence-electron chi connectivity index (χ1n) is 9.26. The molecule has 160 valence electrons. The lowest BCUT2D eigenvalue weighted by atomic mass is 9.97. The second-order valence-electron chi connectivity index (χ2n) is 6.66. The molecule has 1 fully saturated rings. The fraction of sp³-hybridized carbons (Fsp3) is 0.474. The van der Waals surface area contributed by atoms with Gasteiger partial charge in [0.25, 0.3) is 0 Å². The van der Waals surface area contributed by atoms with E-state index >= 15 is 0 Å². The van der Waals surface area contributed by atoms with E-state index in [1.807, 2.05) is 0 Å². The lowest BCUT2D eigenvalue weighted by Crippen LogP contribution is -2.18. The molecule has 10 heteroatoms. The molecule has 0 unspecified atom stereocenters. The molecule has 7 nitrogen and oxygen atoms in total. The number of hydrogen-bond acceptors (Lipinski definition) is 4. The zero-order chi connectivity index (χ0) is 21.4. The van der Waals surface area contributed by atoms with Crippen LogP contribution in [0.1, 0.15) is 32.1 Å². The van der Waals surface area contributed by atoms with E-state index in [2.05, 4.69) is 10.4 Å². The van der Waals surface area contributed by atoms with Crippen molar-refractivity contribution in [2.75, 3.05) is 18.5 Å². The zero-order valence-electron chi connectivity index (χ0n) is 16.1. The first-order chi connectivity index (χ1) is 13.7.